The van der Waals surface area contributed by atoms with E-state index in [2.05, 4.69) is 5.32 Å². The molecule has 0 bridgehead atoms. The number of ether oxygens (including phenoxy) is 1. The smallest absolute Gasteiger partial charge is 0.294 e. The number of sulfonamides is 1. The average Bonchev–Trinajstić information content (AvgIpc) is 3.25. The van der Waals surface area contributed by atoms with Crippen LogP contribution < -0.4 is 15.0 Å². The van der Waals surface area contributed by atoms with Crippen molar-refractivity contribution in [1.29, 1.82) is 0 Å². The number of piperidine rings is 1. The first-order valence-electron chi connectivity index (χ1n) is 10.9. The number of hydrogen-bond acceptors (Lipinski definition) is 7. The Balaban J connectivity index is 1.66. The first-order chi connectivity index (χ1) is 15.8. The minimum absolute atomic E-state index is 0.0105. The summed E-state index contributed by atoms with van der Waals surface area (Å²) in [5.41, 5.74) is 0.904. The van der Waals surface area contributed by atoms with Crippen molar-refractivity contribution in [2.75, 3.05) is 37.0 Å². The molecule has 0 radical (unpaired) electrons. The Kier molecular flexibility index (Phi) is 6.52. The Hall–Kier alpha value is -3.18. The molecular weight excluding hydrogens is 448 g/mol. The van der Waals surface area contributed by atoms with Crippen LogP contribution in [0.5, 0.6) is 5.75 Å². The molecule has 4 rings (SSSR count). The summed E-state index contributed by atoms with van der Waals surface area (Å²) in [7, 11) is -2.29. The van der Waals surface area contributed by atoms with Gasteiger partial charge in [0.25, 0.3) is 5.69 Å². The molecule has 0 aromatic heterocycles. The van der Waals surface area contributed by atoms with E-state index >= 15 is 0 Å². The molecule has 0 saturated carbocycles. The quantitative estimate of drug-likeness (QED) is 0.480. The highest BCUT2D eigenvalue weighted by molar-refractivity contribution is 7.89. The lowest BCUT2D eigenvalue weighted by molar-refractivity contribution is -0.384. The summed E-state index contributed by atoms with van der Waals surface area (Å²) in [4.78, 5) is 24.9. The fourth-order valence-corrected chi connectivity index (χ4v) is 5.76. The standard InChI is InChI=1S/C22H26N4O6S/c1-32-21-10-7-16(14-20(21)25-13-5-6-22(25)27)23-18-9-8-17(15-19(18)26(28)29)33(30,31)24-11-3-2-4-12-24/h7-10,14-15,23H,2-6,11-13H2,1H3. The number of rotatable bonds is 7. The first-order valence-corrected chi connectivity index (χ1v) is 12.3. The Morgan fingerprint density at radius 2 is 1.79 bits per heavy atom. The predicted octanol–water partition coefficient (Wildman–Crippen LogP) is 3.65. The van der Waals surface area contributed by atoms with Crippen molar-refractivity contribution in [1.82, 2.24) is 4.31 Å². The van der Waals surface area contributed by atoms with Gasteiger partial charge in [0.2, 0.25) is 15.9 Å². The lowest BCUT2D eigenvalue weighted by Gasteiger charge is -2.25. The summed E-state index contributed by atoms with van der Waals surface area (Å²) in [5.74, 6) is 0.511. The molecule has 0 spiro atoms. The van der Waals surface area contributed by atoms with Gasteiger partial charge in [0.05, 0.1) is 22.6 Å². The van der Waals surface area contributed by atoms with Crippen molar-refractivity contribution in [2.24, 2.45) is 0 Å². The Labute approximate surface area is 192 Å². The van der Waals surface area contributed by atoms with Crippen LogP contribution in [-0.4, -0.2) is 50.3 Å². The number of carbonyl (C=O) groups is 1. The van der Waals surface area contributed by atoms with Gasteiger partial charge in [0.15, 0.2) is 0 Å². The minimum Gasteiger partial charge on any atom is -0.495 e. The van der Waals surface area contributed by atoms with E-state index in [1.54, 1.807) is 23.1 Å². The third-order valence-electron chi connectivity index (χ3n) is 5.94. The molecule has 0 atom stereocenters. The highest BCUT2D eigenvalue weighted by Crippen LogP contribution is 2.37. The number of benzene rings is 2. The number of anilines is 3. The van der Waals surface area contributed by atoms with E-state index in [1.165, 1.54) is 23.5 Å². The molecule has 10 nitrogen and oxygen atoms in total. The topological polar surface area (TPSA) is 122 Å². The number of nitrogens with zero attached hydrogens (tertiary/aromatic N) is 3. The molecule has 2 heterocycles. The van der Waals surface area contributed by atoms with Crippen LogP contribution in [0.1, 0.15) is 32.1 Å². The Bertz CT molecular complexity index is 1180. The zero-order valence-corrected chi connectivity index (χ0v) is 19.1. The van der Waals surface area contributed by atoms with Crippen molar-refractivity contribution in [3.05, 3.63) is 46.5 Å². The third-order valence-corrected chi connectivity index (χ3v) is 7.84. The van der Waals surface area contributed by atoms with Gasteiger partial charge in [0, 0.05) is 37.8 Å². The van der Waals surface area contributed by atoms with Crippen molar-refractivity contribution >= 4 is 38.7 Å². The van der Waals surface area contributed by atoms with Crippen LogP contribution in [0.3, 0.4) is 0 Å². The van der Waals surface area contributed by atoms with Gasteiger partial charge in [0.1, 0.15) is 11.4 Å². The average molecular weight is 475 g/mol. The summed E-state index contributed by atoms with van der Waals surface area (Å²) in [6.07, 6.45) is 3.74. The minimum atomic E-state index is -3.80. The summed E-state index contributed by atoms with van der Waals surface area (Å²) in [6.45, 7) is 1.40. The van der Waals surface area contributed by atoms with E-state index in [-0.39, 0.29) is 22.2 Å². The molecule has 11 heteroatoms. The zero-order valence-electron chi connectivity index (χ0n) is 18.3. The number of nitro benzene ring substituents is 1. The van der Waals surface area contributed by atoms with Crippen LogP contribution in [0.25, 0.3) is 0 Å². The van der Waals surface area contributed by atoms with Crippen LogP contribution in [0.15, 0.2) is 41.3 Å². The fourth-order valence-electron chi connectivity index (χ4n) is 4.22. The number of nitro groups is 1. The van der Waals surface area contributed by atoms with Gasteiger partial charge in [-0.3, -0.25) is 14.9 Å². The molecule has 2 aliphatic heterocycles. The van der Waals surface area contributed by atoms with E-state index in [0.29, 0.717) is 43.2 Å². The number of methoxy groups -OCH3 is 1. The van der Waals surface area contributed by atoms with Gasteiger partial charge in [-0.15, -0.1) is 0 Å². The monoisotopic (exact) mass is 474 g/mol. The largest absolute Gasteiger partial charge is 0.495 e. The first kappa shape index (κ1) is 23.0. The molecule has 0 aliphatic carbocycles. The maximum Gasteiger partial charge on any atom is 0.294 e. The summed E-state index contributed by atoms with van der Waals surface area (Å²) >= 11 is 0. The summed E-state index contributed by atoms with van der Waals surface area (Å²) in [6, 6.07) is 8.95. The highest BCUT2D eigenvalue weighted by atomic mass is 32.2. The Morgan fingerprint density at radius 1 is 1.03 bits per heavy atom. The molecule has 2 aromatic carbocycles. The third kappa shape index (κ3) is 4.64. The molecule has 176 valence electrons. The van der Waals surface area contributed by atoms with Crippen molar-refractivity contribution < 1.29 is 22.9 Å². The van der Waals surface area contributed by atoms with E-state index in [0.717, 1.165) is 31.7 Å². The molecular formula is C22H26N4O6S. The fraction of sp³-hybridized carbons (Fsp3) is 0.409. The van der Waals surface area contributed by atoms with E-state index < -0.39 is 14.9 Å². The summed E-state index contributed by atoms with van der Waals surface area (Å²) in [5, 5.41) is 14.8. The van der Waals surface area contributed by atoms with E-state index in [4.69, 9.17) is 4.74 Å². The maximum absolute atomic E-state index is 13.0. The van der Waals surface area contributed by atoms with E-state index in [9.17, 15) is 23.3 Å². The molecule has 33 heavy (non-hydrogen) atoms. The SMILES string of the molecule is COc1ccc(Nc2ccc(S(=O)(=O)N3CCCCC3)cc2[N+](=O)[O-])cc1N1CCCC1=O. The van der Waals surface area contributed by atoms with Gasteiger partial charge >= 0.3 is 0 Å². The second-order valence-electron chi connectivity index (χ2n) is 8.06. The Morgan fingerprint density at radius 3 is 2.42 bits per heavy atom. The second kappa shape index (κ2) is 9.36. The van der Waals surface area contributed by atoms with Crippen molar-refractivity contribution in [3.8, 4) is 5.75 Å². The number of carbonyl (C=O) groups excluding carboxylic acids is 1. The highest BCUT2D eigenvalue weighted by Gasteiger charge is 2.29. The van der Waals surface area contributed by atoms with Gasteiger partial charge in [-0.25, -0.2) is 8.42 Å². The van der Waals surface area contributed by atoms with Gasteiger partial charge in [-0.05, 0) is 49.6 Å². The molecule has 2 aliphatic rings. The van der Waals surface area contributed by atoms with Gasteiger partial charge in [-0.2, -0.15) is 4.31 Å². The lowest BCUT2D eigenvalue weighted by Crippen LogP contribution is -2.35. The molecule has 2 aromatic rings. The zero-order chi connectivity index (χ0) is 23.6. The van der Waals surface area contributed by atoms with Crippen LogP contribution in [0.2, 0.25) is 0 Å². The van der Waals surface area contributed by atoms with Gasteiger partial charge in [-0.1, -0.05) is 6.42 Å². The molecule has 1 amide bonds. The molecule has 2 saturated heterocycles. The van der Waals surface area contributed by atoms with Crippen molar-refractivity contribution in [3.63, 3.8) is 0 Å². The van der Waals surface area contributed by atoms with Crippen molar-refractivity contribution in [2.45, 2.75) is 37.0 Å². The molecule has 0 unspecified atom stereocenters. The molecule has 2 fully saturated rings. The van der Waals surface area contributed by atoms with Crippen LogP contribution in [-0.2, 0) is 14.8 Å². The maximum atomic E-state index is 13.0. The predicted molar refractivity (Wildman–Crippen MR) is 124 cm³/mol. The number of hydrogen-bond donors (Lipinski definition) is 1. The van der Waals surface area contributed by atoms with Crippen LogP contribution in [0, 0.1) is 10.1 Å². The van der Waals surface area contributed by atoms with Crippen LogP contribution >= 0.6 is 0 Å². The molecule has 1 N–H and O–H groups in total. The lowest BCUT2D eigenvalue weighted by atomic mass is 10.2. The number of nitrogens with one attached hydrogen (secondary N) is 1. The van der Waals surface area contributed by atoms with E-state index in [1.807, 2.05) is 0 Å². The summed E-state index contributed by atoms with van der Waals surface area (Å²) < 4.78 is 32.7. The number of amides is 1. The van der Waals surface area contributed by atoms with Crippen LogP contribution in [0.4, 0.5) is 22.7 Å². The second-order valence-corrected chi connectivity index (χ2v) is 10.00. The normalized spacial score (nSPS) is 17.2. The van der Waals surface area contributed by atoms with Gasteiger partial charge < -0.3 is 15.0 Å².